The molecule has 33 heavy (non-hydrogen) atoms. The highest BCUT2D eigenvalue weighted by Gasteiger charge is 2.47. The molecule has 3 aromatic rings. The normalized spacial score (nSPS) is 17.8. The monoisotopic (exact) mass is 486 g/mol. The zero-order valence-electron chi connectivity index (χ0n) is 18.6. The Morgan fingerprint density at radius 1 is 1.18 bits per heavy atom. The van der Waals surface area contributed by atoms with Crippen LogP contribution < -0.4 is 4.74 Å². The number of Topliss-reactive ketones (excluding diaryl/α,β-unsaturated/α-hetero) is 1. The van der Waals surface area contributed by atoms with Crippen LogP contribution in [0.3, 0.4) is 0 Å². The maximum Gasteiger partial charge on any atom is 0.295 e. The van der Waals surface area contributed by atoms with Gasteiger partial charge in [0.2, 0.25) is 0 Å². The van der Waals surface area contributed by atoms with E-state index in [0.29, 0.717) is 6.54 Å². The first-order valence-electron chi connectivity index (χ1n) is 10.7. The van der Waals surface area contributed by atoms with E-state index in [1.54, 1.807) is 0 Å². The first-order chi connectivity index (χ1) is 15.8. The summed E-state index contributed by atoms with van der Waals surface area (Å²) in [6.45, 7) is 2.40. The molecule has 1 N–H and O–H groups in total. The van der Waals surface area contributed by atoms with Gasteiger partial charge in [0, 0.05) is 41.3 Å². The van der Waals surface area contributed by atoms with Crippen molar-refractivity contribution in [2.45, 2.75) is 25.8 Å². The molecular formula is C25H24Cl2N2O4. The highest BCUT2D eigenvalue weighted by Crippen LogP contribution is 2.45. The number of fused-ring (bicyclic) bond motifs is 1. The van der Waals surface area contributed by atoms with Crippen molar-refractivity contribution in [2.24, 2.45) is 7.05 Å². The number of hydrogen-bond acceptors (Lipinski definition) is 4. The molecule has 1 aliphatic rings. The summed E-state index contributed by atoms with van der Waals surface area (Å²) in [5, 5.41) is 12.8. The lowest BCUT2D eigenvalue weighted by molar-refractivity contribution is -0.139. The molecule has 0 spiro atoms. The summed E-state index contributed by atoms with van der Waals surface area (Å²) in [7, 11) is 3.32. The topological polar surface area (TPSA) is 71.8 Å². The van der Waals surface area contributed by atoms with Crippen LogP contribution in [0.2, 0.25) is 10.0 Å². The number of aliphatic hydroxyl groups is 1. The molecule has 6 nitrogen and oxygen atoms in total. The maximum atomic E-state index is 13.3. The molecule has 0 bridgehead atoms. The number of methoxy groups -OCH3 is 1. The van der Waals surface area contributed by atoms with Crippen molar-refractivity contribution in [1.82, 2.24) is 9.47 Å². The van der Waals surface area contributed by atoms with E-state index in [9.17, 15) is 14.7 Å². The van der Waals surface area contributed by atoms with Crippen LogP contribution in [0.1, 0.15) is 36.9 Å². The Kier molecular flexibility index (Phi) is 6.41. The zero-order valence-corrected chi connectivity index (χ0v) is 20.1. The number of benzene rings is 2. The number of aliphatic hydroxyl groups excluding tert-OH is 1. The highest BCUT2D eigenvalue weighted by molar-refractivity contribution is 6.47. The minimum atomic E-state index is -0.759. The molecule has 1 amide bonds. The summed E-state index contributed by atoms with van der Waals surface area (Å²) in [5.74, 6) is -1.59. The number of aromatic nitrogens is 1. The largest absolute Gasteiger partial charge is 0.507 e. The van der Waals surface area contributed by atoms with Crippen molar-refractivity contribution < 1.29 is 19.4 Å². The average Bonchev–Trinajstić information content (AvgIpc) is 3.25. The minimum absolute atomic E-state index is 0.0101. The summed E-state index contributed by atoms with van der Waals surface area (Å²) in [5.41, 5.74) is 1.87. The van der Waals surface area contributed by atoms with E-state index < -0.39 is 17.7 Å². The molecule has 1 unspecified atom stereocenters. The Hall–Kier alpha value is -2.96. The molecule has 1 aliphatic heterocycles. The van der Waals surface area contributed by atoms with Gasteiger partial charge in [-0.2, -0.15) is 0 Å². The van der Waals surface area contributed by atoms with Crippen LogP contribution in [0.4, 0.5) is 0 Å². The molecule has 1 fully saturated rings. The number of carbonyl (C=O) groups is 2. The number of likely N-dealkylation sites (tertiary alicyclic amines) is 1. The van der Waals surface area contributed by atoms with Crippen LogP contribution in [-0.2, 0) is 16.6 Å². The molecule has 1 saturated heterocycles. The molecule has 0 saturated carbocycles. The van der Waals surface area contributed by atoms with E-state index in [-0.39, 0.29) is 32.7 Å². The molecule has 8 heteroatoms. The smallest absolute Gasteiger partial charge is 0.295 e. The number of ketones is 1. The lowest BCUT2D eigenvalue weighted by atomic mass is 9.94. The van der Waals surface area contributed by atoms with Crippen LogP contribution in [-0.4, -0.2) is 39.9 Å². The van der Waals surface area contributed by atoms with E-state index in [1.165, 1.54) is 24.1 Å². The number of rotatable bonds is 6. The molecule has 172 valence electrons. The SMILES string of the molecule is CCCCN1C(=O)C(=O)/C(=C(/O)c2cc(Cl)cc(Cl)c2OC)C1c1cn(C)c2ccccc12. The van der Waals surface area contributed by atoms with E-state index in [1.807, 2.05) is 49.0 Å². The summed E-state index contributed by atoms with van der Waals surface area (Å²) in [4.78, 5) is 27.9. The standard InChI is InChI=1S/C25H24Cl2N2O4/c1-4-5-10-29-21(17-13-28(2)19-9-7-6-8-15(17)19)20(23(31)25(29)32)22(30)16-11-14(26)12-18(27)24(16)33-3/h6-9,11-13,21,30H,4-5,10H2,1-3H3/b22-20+. The molecule has 1 aromatic heterocycles. The Balaban J connectivity index is 2.01. The van der Waals surface area contributed by atoms with Gasteiger partial charge in [0.25, 0.3) is 11.7 Å². The number of para-hydroxylation sites is 1. The fourth-order valence-corrected chi connectivity index (χ4v) is 5.01. The zero-order chi connectivity index (χ0) is 23.9. The van der Waals surface area contributed by atoms with Crippen molar-refractivity contribution in [3.8, 4) is 5.75 Å². The number of carbonyl (C=O) groups excluding carboxylic acids is 2. The second-order valence-electron chi connectivity index (χ2n) is 8.03. The van der Waals surface area contributed by atoms with Gasteiger partial charge in [-0.1, -0.05) is 54.7 Å². The molecule has 2 heterocycles. The fourth-order valence-electron chi connectivity index (χ4n) is 4.44. The van der Waals surface area contributed by atoms with E-state index in [0.717, 1.165) is 29.3 Å². The number of nitrogens with zero attached hydrogens (tertiary/aromatic N) is 2. The third-order valence-electron chi connectivity index (χ3n) is 5.98. The van der Waals surface area contributed by atoms with Gasteiger partial charge in [-0.3, -0.25) is 9.59 Å². The van der Waals surface area contributed by atoms with E-state index in [4.69, 9.17) is 27.9 Å². The second kappa shape index (κ2) is 9.12. The summed E-state index contributed by atoms with van der Waals surface area (Å²) in [6, 6.07) is 9.95. The van der Waals surface area contributed by atoms with Gasteiger partial charge in [-0.25, -0.2) is 0 Å². The maximum absolute atomic E-state index is 13.3. The minimum Gasteiger partial charge on any atom is -0.507 e. The number of hydrogen-bond donors (Lipinski definition) is 1. The third-order valence-corrected chi connectivity index (χ3v) is 6.48. The van der Waals surface area contributed by atoms with Crippen molar-refractivity contribution in [3.05, 3.63) is 69.3 Å². The molecular weight excluding hydrogens is 463 g/mol. The molecule has 1 atom stereocenters. The first kappa shape index (κ1) is 23.2. The van der Waals surface area contributed by atoms with Crippen molar-refractivity contribution in [2.75, 3.05) is 13.7 Å². The summed E-state index contributed by atoms with van der Waals surface area (Å²) in [6.07, 6.45) is 3.47. The predicted molar refractivity (Wildman–Crippen MR) is 130 cm³/mol. The average molecular weight is 487 g/mol. The molecule has 4 rings (SSSR count). The lowest BCUT2D eigenvalue weighted by Gasteiger charge is -2.25. The number of unbranched alkanes of at least 4 members (excludes halogenated alkanes) is 1. The van der Waals surface area contributed by atoms with Crippen LogP contribution in [0, 0.1) is 0 Å². The lowest BCUT2D eigenvalue weighted by Crippen LogP contribution is -2.30. The summed E-state index contributed by atoms with van der Waals surface area (Å²) < 4.78 is 7.33. The second-order valence-corrected chi connectivity index (χ2v) is 8.87. The quantitative estimate of drug-likeness (QED) is 0.275. The van der Waals surface area contributed by atoms with Crippen LogP contribution in [0.25, 0.3) is 16.7 Å². The van der Waals surface area contributed by atoms with Gasteiger partial charge in [0.15, 0.2) is 0 Å². The van der Waals surface area contributed by atoms with Gasteiger partial charge >= 0.3 is 0 Å². The van der Waals surface area contributed by atoms with Crippen LogP contribution >= 0.6 is 23.2 Å². The first-order valence-corrected chi connectivity index (χ1v) is 11.4. The van der Waals surface area contributed by atoms with Crippen LogP contribution in [0.5, 0.6) is 5.75 Å². The summed E-state index contributed by atoms with van der Waals surface area (Å²) >= 11 is 12.5. The molecule has 0 aliphatic carbocycles. The van der Waals surface area contributed by atoms with Gasteiger partial charge in [0.1, 0.15) is 11.5 Å². The van der Waals surface area contributed by atoms with Crippen molar-refractivity contribution in [1.29, 1.82) is 0 Å². The number of aryl methyl sites for hydroxylation is 1. The molecule has 0 radical (unpaired) electrons. The van der Waals surface area contributed by atoms with Crippen molar-refractivity contribution >= 4 is 51.6 Å². The number of halogens is 2. The molecule has 2 aromatic carbocycles. The number of amides is 1. The Labute approximate surface area is 202 Å². The van der Waals surface area contributed by atoms with Gasteiger partial charge in [0.05, 0.1) is 29.3 Å². The van der Waals surface area contributed by atoms with Crippen LogP contribution in [0.15, 0.2) is 48.2 Å². The number of ether oxygens (including phenoxy) is 1. The van der Waals surface area contributed by atoms with Gasteiger partial charge < -0.3 is 19.3 Å². The fraction of sp³-hybridized carbons (Fsp3) is 0.280. The Morgan fingerprint density at radius 2 is 1.91 bits per heavy atom. The predicted octanol–water partition coefficient (Wildman–Crippen LogP) is 5.72. The van der Waals surface area contributed by atoms with Gasteiger partial charge in [-0.05, 0) is 24.6 Å². The van der Waals surface area contributed by atoms with E-state index >= 15 is 0 Å². The Morgan fingerprint density at radius 3 is 2.61 bits per heavy atom. The third kappa shape index (κ3) is 3.87. The Bertz CT molecular complexity index is 1300. The van der Waals surface area contributed by atoms with Gasteiger partial charge in [-0.15, -0.1) is 0 Å². The van der Waals surface area contributed by atoms with E-state index in [2.05, 4.69) is 0 Å². The highest BCUT2D eigenvalue weighted by atomic mass is 35.5. The van der Waals surface area contributed by atoms with Crippen molar-refractivity contribution in [3.63, 3.8) is 0 Å².